The average molecular weight is 232 g/mol. The Morgan fingerprint density at radius 3 is 2.76 bits per heavy atom. The summed E-state index contributed by atoms with van der Waals surface area (Å²) in [6.07, 6.45) is 0. The fourth-order valence-corrected chi connectivity index (χ4v) is 1.45. The highest BCUT2D eigenvalue weighted by Crippen LogP contribution is 2.18. The molecular formula is C11H12N4O2. The van der Waals surface area contributed by atoms with E-state index in [1.807, 2.05) is 26.0 Å². The van der Waals surface area contributed by atoms with Crippen LogP contribution in [0.3, 0.4) is 0 Å². The summed E-state index contributed by atoms with van der Waals surface area (Å²) in [5.41, 5.74) is 2.27. The number of hydrogen-bond acceptors (Lipinski definition) is 3. The molecule has 1 aromatic heterocycles. The summed E-state index contributed by atoms with van der Waals surface area (Å²) in [5, 5.41) is 8.39. The normalized spacial score (nSPS) is 10.2. The van der Waals surface area contributed by atoms with Crippen molar-refractivity contribution in [2.45, 2.75) is 13.8 Å². The molecular weight excluding hydrogens is 220 g/mol. The monoisotopic (exact) mass is 232 g/mol. The van der Waals surface area contributed by atoms with Crippen LogP contribution in [-0.4, -0.2) is 21.1 Å². The van der Waals surface area contributed by atoms with Gasteiger partial charge in [-0.2, -0.15) is 0 Å². The summed E-state index contributed by atoms with van der Waals surface area (Å²) in [6, 6.07) is 5.61. The van der Waals surface area contributed by atoms with Crippen LogP contribution >= 0.6 is 0 Å². The molecule has 2 aromatic rings. The second kappa shape index (κ2) is 4.25. The first-order chi connectivity index (χ1) is 8.08. The Morgan fingerprint density at radius 1 is 1.35 bits per heavy atom. The first-order valence-corrected chi connectivity index (χ1v) is 5.10. The molecule has 6 heteroatoms. The zero-order valence-electron chi connectivity index (χ0n) is 9.50. The Labute approximate surface area is 97.1 Å². The van der Waals surface area contributed by atoms with Crippen molar-refractivity contribution < 1.29 is 4.79 Å². The number of amides is 1. The van der Waals surface area contributed by atoms with Crippen molar-refractivity contribution in [1.82, 2.24) is 15.2 Å². The van der Waals surface area contributed by atoms with Crippen LogP contribution in [-0.2, 0) is 0 Å². The topological polar surface area (TPSA) is 90.6 Å². The minimum atomic E-state index is -0.504. The van der Waals surface area contributed by atoms with Gasteiger partial charge in [-0.25, -0.2) is 9.89 Å². The predicted octanol–water partition coefficient (Wildman–Crippen LogP) is 0.967. The second-order valence-corrected chi connectivity index (χ2v) is 3.73. The number of rotatable bonds is 2. The first-order valence-electron chi connectivity index (χ1n) is 5.10. The number of aryl methyl sites for hydroxylation is 1. The Bertz CT molecular complexity index is 612. The molecule has 0 atom stereocenters. The van der Waals surface area contributed by atoms with Crippen molar-refractivity contribution >= 4 is 11.6 Å². The molecule has 88 valence electrons. The van der Waals surface area contributed by atoms with Crippen LogP contribution < -0.4 is 11.0 Å². The molecule has 1 aromatic carbocycles. The van der Waals surface area contributed by atoms with Gasteiger partial charge in [-0.1, -0.05) is 12.1 Å². The molecule has 0 fully saturated rings. The van der Waals surface area contributed by atoms with E-state index in [1.54, 1.807) is 6.07 Å². The van der Waals surface area contributed by atoms with E-state index >= 15 is 0 Å². The molecule has 0 spiro atoms. The lowest BCUT2D eigenvalue weighted by atomic mass is 10.1. The highest BCUT2D eigenvalue weighted by Gasteiger charge is 2.11. The van der Waals surface area contributed by atoms with Gasteiger partial charge in [0.2, 0.25) is 5.82 Å². The van der Waals surface area contributed by atoms with Gasteiger partial charge in [0.25, 0.3) is 5.91 Å². The van der Waals surface area contributed by atoms with E-state index in [9.17, 15) is 9.59 Å². The van der Waals surface area contributed by atoms with Crippen molar-refractivity contribution in [2.24, 2.45) is 0 Å². The molecule has 1 amide bonds. The quantitative estimate of drug-likeness (QED) is 0.720. The summed E-state index contributed by atoms with van der Waals surface area (Å²) in [7, 11) is 0. The molecule has 17 heavy (non-hydrogen) atoms. The number of carbonyl (C=O) groups excluding carboxylic acids is 1. The van der Waals surface area contributed by atoms with Crippen molar-refractivity contribution in [2.75, 3.05) is 5.32 Å². The van der Waals surface area contributed by atoms with Gasteiger partial charge in [0.15, 0.2) is 0 Å². The number of benzene rings is 1. The molecule has 0 bridgehead atoms. The largest absolute Gasteiger partial charge is 0.341 e. The Morgan fingerprint density at radius 2 is 2.12 bits per heavy atom. The van der Waals surface area contributed by atoms with Crippen molar-refractivity contribution in [3.63, 3.8) is 0 Å². The van der Waals surface area contributed by atoms with Crippen LogP contribution in [0, 0.1) is 13.8 Å². The highest BCUT2D eigenvalue weighted by molar-refractivity contribution is 6.01. The van der Waals surface area contributed by atoms with Crippen LogP contribution in [0.25, 0.3) is 0 Å². The van der Waals surface area contributed by atoms with Crippen molar-refractivity contribution in [1.29, 1.82) is 0 Å². The zero-order chi connectivity index (χ0) is 12.4. The van der Waals surface area contributed by atoms with Gasteiger partial charge < -0.3 is 5.32 Å². The summed E-state index contributed by atoms with van der Waals surface area (Å²) in [4.78, 5) is 24.8. The average Bonchev–Trinajstić information content (AvgIpc) is 2.72. The van der Waals surface area contributed by atoms with Gasteiger partial charge in [-0.15, -0.1) is 5.10 Å². The second-order valence-electron chi connectivity index (χ2n) is 3.73. The Kier molecular flexibility index (Phi) is 2.78. The number of H-pyrrole nitrogens is 2. The van der Waals surface area contributed by atoms with E-state index < -0.39 is 11.6 Å². The van der Waals surface area contributed by atoms with E-state index in [0.717, 1.165) is 11.1 Å². The SMILES string of the molecule is Cc1cccc(NC(=O)c2n[nH]c(=O)[nH]2)c1C. The van der Waals surface area contributed by atoms with Crippen LogP contribution in [0.2, 0.25) is 0 Å². The zero-order valence-corrected chi connectivity index (χ0v) is 9.50. The van der Waals surface area contributed by atoms with Gasteiger partial charge in [-0.3, -0.25) is 9.78 Å². The van der Waals surface area contributed by atoms with E-state index in [1.165, 1.54) is 0 Å². The fraction of sp³-hybridized carbons (Fsp3) is 0.182. The lowest BCUT2D eigenvalue weighted by Crippen LogP contribution is -2.15. The Balaban J connectivity index is 2.24. The molecule has 2 rings (SSSR count). The van der Waals surface area contributed by atoms with Crippen LogP contribution in [0.1, 0.15) is 21.7 Å². The third-order valence-corrected chi connectivity index (χ3v) is 2.57. The number of hydrogen-bond donors (Lipinski definition) is 3. The lowest BCUT2D eigenvalue weighted by molar-refractivity contribution is 0.101. The molecule has 6 nitrogen and oxygen atoms in total. The minimum absolute atomic E-state index is 0.0316. The third kappa shape index (κ3) is 2.25. The van der Waals surface area contributed by atoms with Crippen LogP contribution in [0.5, 0.6) is 0 Å². The summed E-state index contributed by atoms with van der Waals surface area (Å²) in [5.74, 6) is -0.479. The summed E-state index contributed by atoms with van der Waals surface area (Å²) in [6.45, 7) is 3.87. The number of aromatic nitrogens is 3. The molecule has 0 radical (unpaired) electrons. The van der Waals surface area contributed by atoms with Gasteiger partial charge >= 0.3 is 5.69 Å². The first kappa shape index (κ1) is 11.1. The number of anilines is 1. The molecule has 0 aliphatic heterocycles. The molecule has 0 aliphatic rings. The van der Waals surface area contributed by atoms with E-state index in [-0.39, 0.29) is 5.82 Å². The molecule has 0 saturated carbocycles. The Hall–Kier alpha value is -2.37. The minimum Gasteiger partial charge on any atom is -0.319 e. The summed E-state index contributed by atoms with van der Waals surface area (Å²) < 4.78 is 0. The van der Waals surface area contributed by atoms with Crippen LogP contribution in [0.4, 0.5) is 5.69 Å². The third-order valence-electron chi connectivity index (χ3n) is 2.57. The van der Waals surface area contributed by atoms with Crippen LogP contribution in [0.15, 0.2) is 23.0 Å². The van der Waals surface area contributed by atoms with E-state index in [0.29, 0.717) is 5.69 Å². The molecule has 3 N–H and O–H groups in total. The van der Waals surface area contributed by atoms with Gasteiger partial charge in [0.1, 0.15) is 0 Å². The number of nitrogens with one attached hydrogen (secondary N) is 3. The molecule has 0 saturated heterocycles. The molecule has 0 aliphatic carbocycles. The number of nitrogens with zero attached hydrogens (tertiary/aromatic N) is 1. The van der Waals surface area contributed by atoms with E-state index in [2.05, 4.69) is 20.5 Å². The standard InChI is InChI=1S/C11H12N4O2/c1-6-4-3-5-8(7(6)2)12-10(16)9-13-11(17)15-14-9/h3-5H,1-2H3,(H,12,16)(H2,13,14,15,17). The van der Waals surface area contributed by atoms with Crippen molar-refractivity contribution in [3.05, 3.63) is 45.6 Å². The van der Waals surface area contributed by atoms with Gasteiger partial charge in [0, 0.05) is 5.69 Å². The predicted molar refractivity (Wildman–Crippen MR) is 63.1 cm³/mol. The van der Waals surface area contributed by atoms with Gasteiger partial charge in [-0.05, 0) is 31.0 Å². The number of carbonyl (C=O) groups is 1. The summed E-state index contributed by atoms with van der Waals surface area (Å²) >= 11 is 0. The molecule has 1 heterocycles. The maximum Gasteiger partial charge on any atom is 0.341 e. The number of aromatic amines is 2. The lowest BCUT2D eigenvalue weighted by Gasteiger charge is -2.08. The van der Waals surface area contributed by atoms with E-state index in [4.69, 9.17) is 0 Å². The maximum absolute atomic E-state index is 11.7. The highest BCUT2D eigenvalue weighted by atomic mass is 16.2. The fourth-order valence-electron chi connectivity index (χ4n) is 1.45. The van der Waals surface area contributed by atoms with Gasteiger partial charge in [0.05, 0.1) is 0 Å². The smallest absolute Gasteiger partial charge is 0.319 e. The maximum atomic E-state index is 11.7. The molecule has 0 unspecified atom stereocenters. The van der Waals surface area contributed by atoms with Crippen molar-refractivity contribution in [3.8, 4) is 0 Å².